The van der Waals surface area contributed by atoms with Crippen molar-refractivity contribution >= 4 is 11.8 Å². The van der Waals surface area contributed by atoms with Gasteiger partial charge < -0.3 is 9.80 Å². The smallest absolute Gasteiger partial charge is 0.236 e. The molecule has 0 aliphatic carbocycles. The Morgan fingerprint density at radius 2 is 1.72 bits per heavy atom. The van der Waals surface area contributed by atoms with Crippen molar-refractivity contribution in [3.63, 3.8) is 0 Å². The Kier molecular flexibility index (Phi) is 5.67. The summed E-state index contributed by atoms with van der Waals surface area (Å²) < 4.78 is 0. The summed E-state index contributed by atoms with van der Waals surface area (Å²) in [5.41, 5.74) is 7.85. The number of hydrazine groups is 1. The number of likely N-dealkylation sites (N-methyl/N-ethyl adjacent to an activating group) is 1. The molecule has 0 radical (unpaired) electrons. The quantitative estimate of drug-likeness (QED) is 0.815. The van der Waals surface area contributed by atoms with E-state index < -0.39 is 0 Å². The lowest BCUT2D eigenvalue weighted by Crippen LogP contribution is -2.53. The molecule has 2 saturated heterocycles. The molecule has 2 aliphatic rings. The summed E-state index contributed by atoms with van der Waals surface area (Å²) in [6.45, 7) is 4.45. The minimum absolute atomic E-state index is 0.0809. The monoisotopic (exact) mass is 345 g/mol. The summed E-state index contributed by atoms with van der Waals surface area (Å²) in [6.07, 6.45) is 1.03. The highest BCUT2D eigenvalue weighted by atomic mass is 16.2. The molecule has 1 aromatic rings. The largest absolute Gasteiger partial charge is 0.339 e. The Labute approximate surface area is 148 Å². The van der Waals surface area contributed by atoms with Gasteiger partial charge in [-0.15, -0.1) is 0 Å². The van der Waals surface area contributed by atoms with Crippen molar-refractivity contribution in [2.24, 2.45) is 0 Å². The van der Waals surface area contributed by atoms with Crippen LogP contribution in [0.3, 0.4) is 0 Å². The zero-order chi connectivity index (χ0) is 17.8. The van der Waals surface area contributed by atoms with E-state index in [4.69, 9.17) is 0 Å². The Morgan fingerprint density at radius 1 is 1.08 bits per heavy atom. The maximum atomic E-state index is 12.5. The molecule has 0 bridgehead atoms. The highest BCUT2D eigenvalue weighted by Crippen LogP contribution is 2.23. The molecule has 2 unspecified atom stereocenters. The lowest BCUT2D eigenvalue weighted by Gasteiger charge is -2.35. The number of carbonyl (C=O) groups excluding carboxylic acids is 2. The molecule has 25 heavy (non-hydrogen) atoms. The third-order valence-corrected chi connectivity index (χ3v) is 5.08. The summed E-state index contributed by atoms with van der Waals surface area (Å²) in [7, 11) is 1.97. The number of carbonyl (C=O) groups is 2. The zero-order valence-corrected chi connectivity index (χ0v) is 14.9. The van der Waals surface area contributed by atoms with Gasteiger partial charge in [0.15, 0.2) is 0 Å². The molecule has 7 nitrogen and oxygen atoms in total. The van der Waals surface area contributed by atoms with E-state index in [2.05, 4.69) is 27.9 Å². The van der Waals surface area contributed by atoms with Gasteiger partial charge in [-0.25, -0.2) is 10.9 Å². The van der Waals surface area contributed by atoms with Gasteiger partial charge in [-0.3, -0.25) is 14.5 Å². The Balaban J connectivity index is 1.47. The summed E-state index contributed by atoms with van der Waals surface area (Å²) in [5, 5.41) is 0. The van der Waals surface area contributed by atoms with Crippen molar-refractivity contribution in [3.8, 4) is 0 Å². The van der Waals surface area contributed by atoms with Gasteiger partial charge in [0.2, 0.25) is 11.8 Å². The van der Waals surface area contributed by atoms with Crippen molar-refractivity contribution in [1.82, 2.24) is 25.6 Å². The summed E-state index contributed by atoms with van der Waals surface area (Å²) in [4.78, 5) is 29.6. The number of nitrogens with zero attached hydrogens (tertiary/aromatic N) is 3. The van der Waals surface area contributed by atoms with Gasteiger partial charge in [0.1, 0.15) is 0 Å². The first-order chi connectivity index (χ1) is 12.0. The van der Waals surface area contributed by atoms with Crippen LogP contribution in [0.5, 0.6) is 0 Å². The van der Waals surface area contributed by atoms with E-state index in [9.17, 15) is 9.59 Å². The molecular formula is C18H27N5O2. The second-order valence-corrected chi connectivity index (χ2v) is 6.81. The van der Waals surface area contributed by atoms with Crippen LogP contribution >= 0.6 is 0 Å². The van der Waals surface area contributed by atoms with Gasteiger partial charge in [0.25, 0.3) is 0 Å². The molecule has 2 amide bonds. The van der Waals surface area contributed by atoms with Crippen LogP contribution in [0.4, 0.5) is 0 Å². The SMILES string of the molecule is CC(=O)N1CCN(C(=O)CN(C)C2CC(c3ccccc3)NN2)CC1. The number of benzene rings is 1. The van der Waals surface area contributed by atoms with Crippen LogP contribution in [0, 0.1) is 0 Å². The number of nitrogens with one attached hydrogen (secondary N) is 2. The first-order valence-electron chi connectivity index (χ1n) is 8.84. The number of hydrogen-bond donors (Lipinski definition) is 2. The average Bonchev–Trinajstić information content (AvgIpc) is 3.13. The fraction of sp³-hybridized carbons (Fsp3) is 0.556. The van der Waals surface area contributed by atoms with E-state index in [1.807, 2.05) is 30.1 Å². The summed E-state index contributed by atoms with van der Waals surface area (Å²) in [5.74, 6) is 0.202. The molecule has 0 aromatic heterocycles. The number of piperazine rings is 1. The van der Waals surface area contributed by atoms with Gasteiger partial charge in [-0.05, 0) is 19.0 Å². The molecule has 0 spiro atoms. The van der Waals surface area contributed by atoms with Gasteiger partial charge in [-0.1, -0.05) is 30.3 Å². The number of hydrogen-bond acceptors (Lipinski definition) is 5. The predicted molar refractivity (Wildman–Crippen MR) is 95.3 cm³/mol. The summed E-state index contributed by atoms with van der Waals surface area (Å²) >= 11 is 0. The minimum atomic E-state index is 0.0809. The van der Waals surface area contributed by atoms with Crippen LogP contribution in [0.25, 0.3) is 0 Å². The van der Waals surface area contributed by atoms with Crippen molar-refractivity contribution in [2.45, 2.75) is 25.6 Å². The third-order valence-electron chi connectivity index (χ3n) is 5.08. The fourth-order valence-corrected chi connectivity index (χ4v) is 3.43. The highest BCUT2D eigenvalue weighted by Gasteiger charge is 2.30. The fourth-order valence-electron chi connectivity index (χ4n) is 3.43. The molecule has 1 aromatic carbocycles. The van der Waals surface area contributed by atoms with Crippen molar-refractivity contribution in [2.75, 3.05) is 39.8 Å². The molecule has 136 valence electrons. The molecule has 0 saturated carbocycles. The van der Waals surface area contributed by atoms with Gasteiger partial charge in [0.05, 0.1) is 12.7 Å². The van der Waals surface area contributed by atoms with E-state index in [-0.39, 0.29) is 24.0 Å². The highest BCUT2D eigenvalue weighted by molar-refractivity contribution is 5.79. The molecule has 7 heteroatoms. The van der Waals surface area contributed by atoms with Crippen LogP contribution < -0.4 is 10.9 Å². The second-order valence-electron chi connectivity index (χ2n) is 6.81. The Morgan fingerprint density at radius 3 is 2.36 bits per heavy atom. The van der Waals surface area contributed by atoms with E-state index in [0.29, 0.717) is 32.7 Å². The second kappa shape index (κ2) is 7.95. The lowest BCUT2D eigenvalue weighted by atomic mass is 10.0. The van der Waals surface area contributed by atoms with Crippen LogP contribution in [0.2, 0.25) is 0 Å². The molecule has 2 aliphatic heterocycles. The maximum Gasteiger partial charge on any atom is 0.236 e. The zero-order valence-electron chi connectivity index (χ0n) is 14.9. The number of amides is 2. The van der Waals surface area contributed by atoms with Crippen LogP contribution in [0.15, 0.2) is 30.3 Å². The van der Waals surface area contributed by atoms with E-state index in [1.165, 1.54) is 5.56 Å². The predicted octanol–water partition coefficient (Wildman–Crippen LogP) is 0.174. The van der Waals surface area contributed by atoms with Gasteiger partial charge in [-0.2, -0.15) is 0 Å². The standard InChI is InChI=1S/C18H27N5O2/c1-14(24)22-8-10-23(11-9-22)18(25)13-21(2)17-12-16(19-20-17)15-6-4-3-5-7-15/h3-7,16-17,19-20H,8-13H2,1-2H3. The maximum absolute atomic E-state index is 12.5. The Bertz CT molecular complexity index is 601. The molecular weight excluding hydrogens is 318 g/mol. The van der Waals surface area contributed by atoms with E-state index in [1.54, 1.807) is 11.8 Å². The molecule has 2 N–H and O–H groups in total. The van der Waals surface area contributed by atoms with E-state index in [0.717, 1.165) is 6.42 Å². The van der Waals surface area contributed by atoms with Crippen molar-refractivity contribution in [3.05, 3.63) is 35.9 Å². The van der Waals surface area contributed by atoms with Crippen molar-refractivity contribution in [1.29, 1.82) is 0 Å². The van der Waals surface area contributed by atoms with Crippen molar-refractivity contribution < 1.29 is 9.59 Å². The minimum Gasteiger partial charge on any atom is -0.339 e. The molecule has 2 fully saturated rings. The van der Waals surface area contributed by atoms with E-state index >= 15 is 0 Å². The average molecular weight is 345 g/mol. The topological polar surface area (TPSA) is 67.9 Å². The molecule has 3 rings (SSSR count). The summed E-state index contributed by atoms with van der Waals surface area (Å²) in [6, 6.07) is 10.6. The van der Waals surface area contributed by atoms with Gasteiger partial charge >= 0.3 is 0 Å². The molecule has 2 heterocycles. The first kappa shape index (κ1) is 17.8. The molecule has 2 atom stereocenters. The van der Waals surface area contributed by atoms with Crippen LogP contribution in [0.1, 0.15) is 24.9 Å². The Hall–Kier alpha value is -1.96. The van der Waals surface area contributed by atoms with Crippen LogP contribution in [-0.4, -0.2) is 72.5 Å². The normalized spacial score (nSPS) is 24.0. The first-order valence-corrected chi connectivity index (χ1v) is 8.84. The van der Waals surface area contributed by atoms with Crippen LogP contribution in [-0.2, 0) is 9.59 Å². The third kappa shape index (κ3) is 4.36. The lowest BCUT2D eigenvalue weighted by molar-refractivity contribution is -0.139. The number of rotatable bonds is 4. The van der Waals surface area contributed by atoms with Gasteiger partial charge in [0, 0.05) is 39.1 Å².